The van der Waals surface area contributed by atoms with Crippen molar-refractivity contribution < 1.29 is 22.6 Å². The molecule has 6 heteroatoms. The fourth-order valence-electron chi connectivity index (χ4n) is 1.88. The molecule has 112 valence electrons. The van der Waals surface area contributed by atoms with Crippen molar-refractivity contribution in [1.29, 1.82) is 0 Å². The van der Waals surface area contributed by atoms with Crippen molar-refractivity contribution in [3.63, 3.8) is 0 Å². The molecular formula is C15H14F3NO2. The summed E-state index contributed by atoms with van der Waals surface area (Å²) >= 11 is 0. The lowest BCUT2D eigenvalue weighted by molar-refractivity contribution is -0.274. The molecule has 2 N–H and O–H groups in total. The lowest BCUT2D eigenvalue weighted by Gasteiger charge is -2.14. The van der Waals surface area contributed by atoms with Gasteiger partial charge in [0.1, 0.15) is 11.5 Å². The molecular weight excluding hydrogens is 283 g/mol. The van der Waals surface area contributed by atoms with Crippen LogP contribution < -0.4 is 15.2 Å². The van der Waals surface area contributed by atoms with Gasteiger partial charge in [0.25, 0.3) is 0 Å². The molecule has 2 aromatic carbocycles. The second-order valence-corrected chi connectivity index (χ2v) is 4.37. The van der Waals surface area contributed by atoms with Crippen molar-refractivity contribution in [2.24, 2.45) is 5.73 Å². The number of benzene rings is 2. The van der Waals surface area contributed by atoms with E-state index in [0.29, 0.717) is 11.3 Å². The lowest BCUT2D eigenvalue weighted by Crippen LogP contribution is -2.17. The Balaban J connectivity index is 2.13. The van der Waals surface area contributed by atoms with Crippen molar-refractivity contribution in [2.45, 2.75) is 12.4 Å². The lowest BCUT2D eigenvalue weighted by atomic mass is 9.99. The molecule has 0 radical (unpaired) electrons. The molecule has 0 aliphatic carbocycles. The first-order chi connectivity index (χ1) is 9.89. The Morgan fingerprint density at radius 2 is 1.29 bits per heavy atom. The Labute approximate surface area is 120 Å². The van der Waals surface area contributed by atoms with Gasteiger partial charge in [0.05, 0.1) is 13.2 Å². The van der Waals surface area contributed by atoms with Gasteiger partial charge in [-0.05, 0) is 35.4 Å². The molecule has 0 aromatic heterocycles. The summed E-state index contributed by atoms with van der Waals surface area (Å²) in [5.74, 6) is 0.438. The van der Waals surface area contributed by atoms with Gasteiger partial charge < -0.3 is 15.2 Å². The number of nitrogens with two attached hydrogens (primary N) is 1. The van der Waals surface area contributed by atoms with Crippen molar-refractivity contribution >= 4 is 0 Å². The highest BCUT2D eigenvalue weighted by atomic mass is 19.4. The summed E-state index contributed by atoms with van der Waals surface area (Å²) in [6, 6.07) is 12.2. The molecule has 2 aromatic rings. The van der Waals surface area contributed by atoms with E-state index < -0.39 is 12.4 Å². The Hall–Kier alpha value is -2.21. The fourth-order valence-corrected chi connectivity index (χ4v) is 1.88. The van der Waals surface area contributed by atoms with Crippen LogP contribution in [0.25, 0.3) is 0 Å². The van der Waals surface area contributed by atoms with Crippen molar-refractivity contribution in [2.75, 3.05) is 7.11 Å². The fraction of sp³-hybridized carbons (Fsp3) is 0.200. The van der Waals surface area contributed by atoms with Gasteiger partial charge in [0.2, 0.25) is 0 Å². The molecule has 0 unspecified atom stereocenters. The van der Waals surface area contributed by atoms with Gasteiger partial charge in [-0.25, -0.2) is 0 Å². The maximum atomic E-state index is 12.1. The van der Waals surface area contributed by atoms with E-state index in [1.54, 1.807) is 19.2 Å². The quantitative estimate of drug-likeness (QED) is 0.937. The molecule has 21 heavy (non-hydrogen) atoms. The summed E-state index contributed by atoms with van der Waals surface area (Å²) in [6.07, 6.45) is -4.69. The average Bonchev–Trinajstić information content (AvgIpc) is 2.46. The minimum Gasteiger partial charge on any atom is -0.497 e. The molecule has 2 rings (SSSR count). The van der Waals surface area contributed by atoms with Crippen LogP contribution in [0.2, 0.25) is 0 Å². The summed E-state index contributed by atoms with van der Waals surface area (Å²) in [7, 11) is 1.56. The smallest absolute Gasteiger partial charge is 0.497 e. The molecule has 0 amide bonds. The third-order valence-electron chi connectivity index (χ3n) is 2.95. The van der Waals surface area contributed by atoms with Crippen LogP contribution in [0, 0.1) is 0 Å². The first-order valence-corrected chi connectivity index (χ1v) is 6.14. The summed E-state index contributed by atoms with van der Waals surface area (Å²) in [5, 5.41) is 0. The number of alkyl halides is 3. The monoisotopic (exact) mass is 297 g/mol. The van der Waals surface area contributed by atoms with Crippen LogP contribution >= 0.6 is 0 Å². The van der Waals surface area contributed by atoms with Crippen LogP contribution in [-0.4, -0.2) is 13.5 Å². The van der Waals surface area contributed by atoms with Gasteiger partial charge in [0, 0.05) is 0 Å². The van der Waals surface area contributed by atoms with E-state index in [0.717, 1.165) is 5.56 Å². The third kappa shape index (κ3) is 4.13. The highest BCUT2D eigenvalue weighted by Crippen LogP contribution is 2.26. The van der Waals surface area contributed by atoms with Gasteiger partial charge in [-0.15, -0.1) is 13.2 Å². The van der Waals surface area contributed by atoms with E-state index in [1.807, 2.05) is 12.1 Å². The van der Waals surface area contributed by atoms with Crippen LogP contribution in [0.4, 0.5) is 13.2 Å². The van der Waals surface area contributed by atoms with Crippen LogP contribution in [0.1, 0.15) is 17.2 Å². The van der Waals surface area contributed by atoms with Crippen LogP contribution in [0.3, 0.4) is 0 Å². The van der Waals surface area contributed by atoms with E-state index in [1.165, 1.54) is 24.3 Å². The predicted molar refractivity (Wildman–Crippen MR) is 72.1 cm³/mol. The van der Waals surface area contributed by atoms with E-state index >= 15 is 0 Å². The maximum absolute atomic E-state index is 12.1. The largest absolute Gasteiger partial charge is 0.573 e. The van der Waals surface area contributed by atoms with Gasteiger partial charge in [0.15, 0.2) is 0 Å². The summed E-state index contributed by atoms with van der Waals surface area (Å²) in [5.41, 5.74) is 7.60. The van der Waals surface area contributed by atoms with Gasteiger partial charge in [-0.1, -0.05) is 24.3 Å². The number of hydrogen-bond donors (Lipinski definition) is 1. The molecule has 0 saturated heterocycles. The molecule has 1 atom stereocenters. The van der Waals surface area contributed by atoms with Crippen LogP contribution in [-0.2, 0) is 0 Å². The Bertz CT molecular complexity index is 579. The number of rotatable bonds is 4. The van der Waals surface area contributed by atoms with Crippen LogP contribution in [0.5, 0.6) is 11.5 Å². The molecule has 0 fully saturated rings. The van der Waals surface area contributed by atoms with E-state index in [2.05, 4.69) is 4.74 Å². The Kier molecular flexibility index (Phi) is 4.37. The zero-order valence-corrected chi connectivity index (χ0v) is 11.2. The molecule has 3 nitrogen and oxygen atoms in total. The molecule has 0 bridgehead atoms. The highest BCUT2D eigenvalue weighted by Gasteiger charge is 2.31. The predicted octanol–water partition coefficient (Wildman–Crippen LogP) is 3.64. The molecule has 0 saturated carbocycles. The van der Waals surface area contributed by atoms with Crippen molar-refractivity contribution in [3.8, 4) is 11.5 Å². The standard InChI is InChI=1S/C15H14F3NO2/c1-20-12-6-2-10(3-7-12)14(19)11-4-8-13(9-5-11)21-15(16,17)18/h2-9,14H,19H2,1H3/t14-/m0/s1. The summed E-state index contributed by atoms with van der Waals surface area (Å²) < 4.78 is 45.1. The molecule has 0 aliphatic rings. The first-order valence-electron chi connectivity index (χ1n) is 6.14. The number of ether oxygens (including phenoxy) is 2. The maximum Gasteiger partial charge on any atom is 0.573 e. The van der Waals surface area contributed by atoms with Crippen LogP contribution in [0.15, 0.2) is 48.5 Å². The third-order valence-corrected chi connectivity index (χ3v) is 2.95. The SMILES string of the molecule is COc1ccc([C@H](N)c2ccc(OC(F)(F)F)cc2)cc1. The normalized spacial score (nSPS) is 12.8. The summed E-state index contributed by atoms with van der Waals surface area (Å²) in [6.45, 7) is 0. The van der Waals surface area contributed by atoms with Gasteiger partial charge in [-0.3, -0.25) is 0 Å². The van der Waals surface area contributed by atoms with E-state index in [-0.39, 0.29) is 5.75 Å². The molecule has 0 spiro atoms. The average molecular weight is 297 g/mol. The highest BCUT2D eigenvalue weighted by molar-refractivity contribution is 5.37. The second-order valence-electron chi connectivity index (χ2n) is 4.37. The second kappa shape index (κ2) is 6.05. The Morgan fingerprint density at radius 1 is 0.857 bits per heavy atom. The van der Waals surface area contributed by atoms with Gasteiger partial charge in [-0.2, -0.15) is 0 Å². The first kappa shape index (κ1) is 15.2. The summed E-state index contributed by atoms with van der Waals surface area (Å²) in [4.78, 5) is 0. The van der Waals surface area contributed by atoms with E-state index in [9.17, 15) is 13.2 Å². The number of hydrogen-bond acceptors (Lipinski definition) is 3. The number of halogens is 3. The minimum absolute atomic E-state index is 0.270. The topological polar surface area (TPSA) is 44.5 Å². The van der Waals surface area contributed by atoms with Crippen molar-refractivity contribution in [1.82, 2.24) is 0 Å². The van der Waals surface area contributed by atoms with E-state index in [4.69, 9.17) is 10.5 Å². The van der Waals surface area contributed by atoms with Gasteiger partial charge >= 0.3 is 6.36 Å². The minimum atomic E-state index is -4.69. The zero-order valence-electron chi connectivity index (χ0n) is 11.2. The zero-order chi connectivity index (χ0) is 15.5. The molecule has 0 heterocycles. The van der Waals surface area contributed by atoms with Crippen molar-refractivity contribution in [3.05, 3.63) is 59.7 Å². The molecule has 0 aliphatic heterocycles. The number of methoxy groups -OCH3 is 1. The Morgan fingerprint density at radius 3 is 1.67 bits per heavy atom.